The zero-order valence-electron chi connectivity index (χ0n) is 7.75. The monoisotopic (exact) mass is 167 g/mol. The van der Waals surface area contributed by atoms with Gasteiger partial charge in [0.25, 0.3) is 0 Å². The van der Waals surface area contributed by atoms with Crippen molar-refractivity contribution in [2.75, 3.05) is 26.3 Å². The molecule has 1 fully saturated rings. The first-order valence-corrected chi connectivity index (χ1v) is 4.63. The molecule has 0 N–H and O–H groups in total. The van der Waals surface area contributed by atoms with Gasteiger partial charge in [0.05, 0.1) is 13.2 Å². The Hall–Kier alpha value is -0.520. The molecule has 2 nitrogen and oxygen atoms in total. The summed E-state index contributed by atoms with van der Waals surface area (Å²) in [6.07, 6.45) is 7.24. The fraction of sp³-hybridized carbons (Fsp3) is 0.800. The second-order valence-electron chi connectivity index (χ2n) is 3.13. The van der Waals surface area contributed by atoms with Crippen molar-refractivity contribution in [2.24, 2.45) is 0 Å². The minimum atomic E-state index is 0.590. The summed E-state index contributed by atoms with van der Waals surface area (Å²) in [6, 6.07) is 0.590. The Morgan fingerprint density at radius 1 is 1.67 bits per heavy atom. The molecule has 1 aliphatic heterocycles. The van der Waals surface area contributed by atoms with E-state index < -0.39 is 0 Å². The zero-order valence-corrected chi connectivity index (χ0v) is 7.75. The van der Waals surface area contributed by atoms with Crippen LogP contribution in [0.1, 0.15) is 19.8 Å². The number of hydrogen-bond acceptors (Lipinski definition) is 2. The van der Waals surface area contributed by atoms with Crippen LogP contribution in [0.3, 0.4) is 0 Å². The van der Waals surface area contributed by atoms with E-state index >= 15 is 0 Å². The van der Waals surface area contributed by atoms with Gasteiger partial charge in [0.1, 0.15) is 0 Å². The van der Waals surface area contributed by atoms with E-state index in [4.69, 9.17) is 11.2 Å². The van der Waals surface area contributed by atoms with E-state index in [1.165, 1.54) is 0 Å². The molecule has 0 aromatic rings. The molecule has 68 valence electrons. The number of ether oxygens (including phenoxy) is 1. The van der Waals surface area contributed by atoms with Crippen molar-refractivity contribution in [1.82, 2.24) is 4.90 Å². The Labute approximate surface area is 74.9 Å². The first-order chi connectivity index (χ1) is 5.88. The van der Waals surface area contributed by atoms with Gasteiger partial charge in [-0.1, -0.05) is 6.92 Å². The Balaban J connectivity index is 2.32. The molecular weight excluding hydrogens is 150 g/mol. The van der Waals surface area contributed by atoms with Crippen LogP contribution in [0.5, 0.6) is 0 Å². The van der Waals surface area contributed by atoms with E-state index in [9.17, 15) is 0 Å². The zero-order chi connectivity index (χ0) is 8.81. The van der Waals surface area contributed by atoms with Crippen molar-refractivity contribution in [2.45, 2.75) is 25.8 Å². The summed E-state index contributed by atoms with van der Waals surface area (Å²) in [6.45, 7) is 6.00. The van der Waals surface area contributed by atoms with Crippen LogP contribution in [-0.4, -0.2) is 37.2 Å². The lowest BCUT2D eigenvalue weighted by molar-refractivity contribution is -0.00739. The van der Waals surface area contributed by atoms with Crippen molar-refractivity contribution in [3.05, 3.63) is 0 Å². The molecule has 1 atom stereocenters. The highest BCUT2D eigenvalue weighted by atomic mass is 16.5. The summed E-state index contributed by atoms with van der Waals surface area (Å²) < 4.78 is 5.39. The highest BCUT2D eigenvalue weighted by Crippen LogP contribution is 2.09. The second-order valence-corrected chi connectivity index (χ2v) is 3.13. The van der Waals surface area contributed by atoms with Gasteiger partial charge in [-0.15, -0.1) is 12.3 Å². The van der Waals surface area contributed by atoms with Crippen LogP contribution >= 0.6 is 0 Å². The quantitative estimate of drug-likeness (QED) is 0.584. The molecule has 0 saturated carbocycles. The molecule has 0 bridgehead atoms. The van der Waals surface area contributed by atoms with E-state index in [2.05, 4.69) is 17.7 Å². The first-order valence-electron chi connectivity index (χ1n) is 4.63. The van der Waals surface area contributed by atoms with Gasteiger partial charge in [-0.3, -0.25) is 4.90 Å². The van der Waals surface area contributed by atoms with Crippen molar-refractivity contribution >= 4 is 0 Å². The lowest BCUT2D eigenvalue weighted by Gasteiger charge is -2.34. The van der Waals surface area contributed by atoms with Crippen LogP contribution < -0.4 is 0 Å². The van der Waals surface area contributed by atoms with Gasteiger partial charge in [0, 0.05) is 25.6 Å². The van der Waals surface area contributed by atoms with Crippen molar-refractivity contribution < 1.29 is 4.74 Å². The number of terminal acetylenes is 1. The standard InChI is InChI=1S/C10H17NO/c1-3-5-6-11-7-8-12-9-10(11)4-2/h1,10H,4-9H2,2H3. The predicted octanol–water partition coefficient (Wildman–Crippen LogP) is 1.12. The molecular formula is C10H17NO. The maximum atomic E-state index is 5.39. The first kappa shape index (κ1) is 9.57. The van der Waals surface area contributed by atoms with Crippen LogP contribution in [0.2, 0.25) is 0 Å². The van der Waals surface area contributed by atoms with Crippen molar-refractivity contribution in [3.8, 4) is 12.3 Å². The normalized spacial score (nSPS) is 25.2. The lowest BCUT2D eigenvalue weighted by atomic mass is 10.1. The lowest BCUT2D eigenvalue weighted by Crippen LogP contribution is -2.45. The molecule has 1 heterocycles. The Kier molecular flexibility index (Phi) is 4.13. The van der Waals surface area contributed by atoms with Gasteiger partial charge in [0.2, 0.25) is 0 Å². The molecule has 1 saturated heterocycles. The molecule has 0 aromatic heterocycles. The number of hydrogen-bond donors (Lipinski definition) is 0. The van der Waals surface area contributed by atoms with Crippen molar-refractivity contribution in [1.29, 1.82) is 0 Å². The summed E-state index contributed by atoms with van der Waals surface area (Å²) in [5, 5.41) is 0. The van der Waals surface area contributed by atoms with Crippen LogP contribution in [0.25, 0.3) is 0 Å². The number of morpholine rings is 1. The Bertz CT molecular complexity index is 162. The third-order valence-electron chi connectivity index (χ3n) is 2.36. The van der Waals surface area contributed by atoms with Crippen LogP contribution in [0.15, 0.2) is 0 Å². The fourth-order valence-electron chi connectivity index (χ4n) is 1.57. The minimum Gasteiger partial charge on any atom is -0.378 e. The largest absolute Gasteiger partial charge is 0.378 e. The van der Waals surface area contributed by atoms with Gasteiger partial charge in [-0.2, -0.15) is 0 Å². The predicted molar refractivity (Wildman–Crippen MR) is 49.9 cm³/mol. The molecule has 2 heteroatoms. The van der Waals surface area contributed by atoms with E-state index in [1.807, 2.05) is 0 Å². The van der Waals surface area contributed by atoms with Gasteiger partial charge in [0.15, 0.2) is 0 Å². The third kappa shape index (κ3) is 2.51. The summed E-state index contributed by atoms with van der Waals surface area (Å²) in [5.74, 6) is 2.68. The maximum absolute atomic E-state index is 5.39. The highest BCUT2D eigenvalue weighted by molar-refractivity contribution is 4.86. The molecule has 1 aliphatic rings. The Morgan fingerprint density at radius 3 is 3.17 bits per heavy atom. The summed E-state index contributed by atoms with van der Waals surface area (Å²) in [5.41, 5.74) is 0. The minimum absolute atomic E-state index is 0.590. The molecule has 0 aliphatic carbocycles. The van der Waals surface area contributed by atoms with Gasteiger partial charge >= 0.3 is 0 Å². The number of nitrogens with zero attached hydrogens (tertiary/aromatic N) is 1. The summed E-state index contributed by atoms with van der Waals surface area (Å²) in [4.78, 5) is 2.43. The van der Waals surface area contributed by atoms with E-state index in [-0.39, 0.29) is 0 Å². The molecule has 0 amide bonds. The average molecular weight is 167 g/mol. The summed E-state index contributed by atoms with van der Waals surface area (Å²) in [7, 11) is 0. The third-order valence-corrected chi connectivity index (χ3v) is 2.36. The SMILES string of the molecule is C#CCCN1CCOCC1CC. The molecule has 1 unspecified atom stereocenters. The van der Waals surface area contributed by atoms with Crippen LogP contribution in [0.4, 0.5) is 0 Å². The van der Waals surface area contributed by atoms with Gasteiger partial charge in [-0.25, -0.2) is 0 Å². The van der Waals surface area contributed by atoms with E-state index in [1.54, 1.807) is 0 Å². The smallest absolute Gasteiger partial charge is 0.0622 e. The number of rotatable bonds is 3. The Morgan fingerprint density at radius 2 is 2.50 bits per heavy atom. The molecule has 0 aromatic carbocycles. The van der Waals surface area contributed by atoms with E-state index in [0.717, 1.165) is 39.1 Å². The topological polar surface area (TPSA) is 12.5 Å². The van der Waals surface area contributed by atoms with Gasteiger partial charge < -0.3 is 4.74 Å². The summed E-state index contributed by atoms with van der Waals surface area (Å²) >= 11 is 0. The van der Waals surface area contributed by atoms with Crippen LogP contribution in [-0.2, 0) is 4.74 Å². The van der Waals surface area contributed by atoms with E-state index in [0.29, 0.717) is 6.04 Å². The van der Waals surface area contributed by atoms with Crippen molar-refractivity contribution in [3.63, 3.8) is 0 Å². The fourth-order valence-corrected chi connectivity index (χ4v) is 1.57. The highest BCUT2D eigenvalue weighted by Gasteiger charge is 2.19. The second kappa shape index (κ2) is 5.18. The average Bonchev–Trinajstić information content (AvgIpc) is 2.15. The maximum Gasteiger partial charge on any atom is 0.0622 e. The molecule has 0 spiro atoms. The molecule has 0 radical (unpaired) electrons. The molecule has 12 heavy (non-hydrogen) atoms. The van der Waals surface area contributed by atoms with Crippen LogP contribution in [0, 0.1) is 12.3 Å². The molecule has 1 rings (SSSR count). The van der Waals surface area contributed by atoms with Gasteiger partial charge in [-0.05, 0) is 6.42 Å².